The van der Waals surface area contributed by atoms with E-state index in [4.69, 9.17) is 5.26 Å². The lowest BCUT2D eigenvalue weighted by Gasteiger charge is -2.10. The topological polar surface area (TPSA) is 61.3 Å². The van der Waals surface area contributed by atoms with Crippen molar-refractivity contribution < 1.29 is 9.50 Å². The van der Waals surface area contributed by atoms with Crippen molar-refractivity contribution in [3.8, 4) is 28.5 Å². The molecule has 2 aromatic carbocycles. The van der Waals surface area contributed by atoms with E-state index in [1.165, 1.54) is 6.07 Å². The van der Waals surface area contributed by atoms with Crippen molar-refractivity contribution in [3.63, 3.8) is 0 Å². The first-order valence-corrected chi connectivity index (χ1v) is 8.57. The fourth-order valence-electron chi connectivity index (χ4n) is 3.23. The van der Waals surface area contributed by atoms with Crippen LogP contribution in [0.3, 0.4) is 0 Å². The summed E-state index contributed by atoms with van der Waals surface area (Å²) in [5.41, 5.74) is 5.08. The molecule has 0 amide bonds. The van der Waals surface area contributed by atoms with E-state index in [1.54, 1.807) is 18.2 Å². The number of nitriles is 1. The predicted molar refractivity (Wildman–Crippen MR) is 102 cm³/mol. The summed E-state index contributed by atoms with van der Waals surface area (Å²) in [6.45, 7) is -0.110. The summed E-state index contributed by atoms with van der Waals surface area (Å²) in [5.74, 6) is -0.318. The van der Waals surface area contributed by atoms with E-state index in [1.807, 2.05) is 47.1 Å². The van der Waals surface area contributed by atoms with Gasteiger partial charge in [0.25, 0.3) is 0 Å². The van der Waals surface area contributed by atoms with E-state index in [-0.39, 0.29) is 18.8 Å². The van der Waals surface area contributed by atoms with Gasteiger partial charge in [-0.15, -0.1) is 0 Å². The van der Waals surface area contributed by atoms with E-state index in [0.717, 1.165) is 28.0 Å². The Kier molecular flexibility index (Phi) is 4.41. The number of rotatable bonds is 4. The summed E-state index contributed by atoms with van der Waals surface area (Å²) in [4.78, 5) is 4.61. The number of nitrogens with zero attached hydrogens (tertiary/aromatic N) is 3. The Hall–Kier alpha value is -3.49. The van der Waals surface area contributed by atoms with E-state index >= 15 is 0 Å². The van der Waals surface area contributed by atoms with Gasteiger partial charge in [-0.3, -0.25) is 0 Å². The molecule has 0 saturated carbocycles. The molecule has 0 radical (unpaired) electrons. The molecule has 4 aromatic rings. The number of imidazole rings is 1. The molecule has 132 valence electrons. The maximum Gasteiger partial charge on any atom is 0.137 e. The Morgan fingerprint density at radius 3 is 2.70 bits per heavy atom. The minimum atomic E-state index is -0.318. The second kappa shape index (κ2) is 7.02. The largest absolute Gasteiger partial charge is 0.396 e. The molecule has 0 aliphatic rings. The van der Waals surface area contributed by atoms with Crippen molar-refractivity contribution in [2.75, 3.05) is 6.61 Å². The van der Waals surface area contributed by atoms with Gasteiger partial charge < -0.3 is 9.51 Å². The molecule has 0 aliphatic heterocycles. The lowest BCUT2D eigenvalue weighted by atomic mass is 9.98. The smallest absolute Gasteiger partial charge is 0.137 e. The van der Waals surface area contributed by atoms with Gasteiger partial charge in [-0.25, -0.2) is 9.37 Å². The Morgan fingerprint density at radius 1 is 1.04 bits per heavy atom. The zero-order valence-corrected chi connectivity index (χ0v) is 14.4. The number of aromatic nitrogens is 2. The van der Waals surface area contributed by atoms with Crippen LogP contribution < -0.4 is 0 Å². The van der Waals surface area contributed by atoms with Crippen LogP contribution in [-0.4, -0.2) is 21.1 Å². The van der Waals surface area contributed by atoms with Gasteiger partial charge in [0.1, 0.15) is 11.5 Å². The number of fused-ring (bicyclic) bond motifs is 1. The maximum absolute atomic E-state index is 14.2. The molecule has 0 saturated heterocycles. The fraction of sp³-hybridized carbons (Fsp3) is 0.0909. The number of hydrogen-bond acceptors (Lipinski definition) is 3. The highest BCUT2D eigenvalue weighted by Crippen LogP contribution is 2.28. The molecule has 0 aliphatic carbocycles. The van der Waals surface area contributed by atoms with Crippen LogP contribution in [0.15, 0.2) is 67.0 Å². The Bertz CT molecular complexity index is 1170. The van der Waals surface area contributed by atoms with Crippen molar-refractivity contribution in [2.24, 2.45) is 0 Å². The van der Waals surface area contributed by atoms with Gasteiger partial charge in [0.2, 0.25) is 0 Å². The summed E-state index contributed by atoms with van der Waals surface area (Å²) in [7, 11) is 0. The minimum absolute atomic E-state index is 0.110. The van der Waals surface area contributed by atoms with Crippen molar-refractivity contribution in [1.82, 2.24) is 9.38 Å². The molecule has 0 bridgehead atoms. The first kappa shape index (κ1) is 17.0. The maximum atomic E-state index is 14.2. The van der Waals surface area contributed by atoms with Crippen LogP contribution in [0.1, 0.15) is 11.1 Å². The molecule has 4 nitrogen and oxygen atoms in total. The molecular formula is C22H16FN3O. The van der Waals surface area contributed by atoms with E-state index in [9.17, 15) is 9.50 Å². The van der Waals surface area contributed by atoms with Crippen LogP contribution in [0.4, 0.5) is 4.39 Å². The molecular weight excluding hydrogens is 341 g/mol. The fourth-order valence-corrected chi connectivity index (χ4v) is 3.23. The van der Waals surface area contributed by atoms with Crippen LogP contribution in [-0.2, 0) is 6.42 Å². The third kappa shape index (κ3) is 3.19. The van der Waals surface area contributed by atoms with Crippen molar-refractivity contribution in [2.45, 2.75) is 6.42 Å². The quantitative estimate of drug-likeness (QED) is 0.595. The van der Waals surface area contributed by atoms with Crippen molar-refractivity contribution >= 4 is 5.65 Å². The summed E-state index contributed by atoms with van der Waals surface area (Å²) in [6.07, 6.45) is 4.05. The minimum Gasteiger partial charge on any atom is -0.396 e. The first-order chi connectivity index (χ1) is 13.2. The van der Waals surface area contributed by atoms with Crippen molar-refractivity contribution in [1.29, 1.82) is 5.26 Å². The second-order valence-corrected chi connectivity index (χ2v) is 6.24. The predicted octanol–water partition coefficient (Wildman–Crippen LogP) is 4.21. The molecule has 0 unspecified atom stereocenters. The SMILES string of the molecule is N#Cc1cccc(-c2cn3cc(-c4cccc(F)c4CCO)ccc3n2)c1. The van der Waals surface area contributed by atoms with E-state index in [2.05, 4.69) is 11.1 Å². The van der Waals surface area contributed by atoms with Crippen LogP contribution in [0.25, 0.3) is 28.0 Å². The molecule has 5 heteroatoms. The van der Waals surface area contributed by atoms with Gasteiger partial charge in [0.15, 0.2) is 0 Å². The Labute approximate surface area is 155 Å². The van der Waals surface area contributed by atoms with Crippen LogP contribution in [0, 0.1) is 17.1 Å². The van der Waals surface area contributed by atoms with Gasteiger partial charge in [-0.05, 0) is 53.4 Å². The second-order valence-electron chi connectivity index (χ2n) is 6.24. The van der Waals surface area contributed by atoms with Gasteiger partial charge >= 0.3 is 0 Å². The number of hydrogen-bond donors (Lipinski definition) is 1. The van der Waals surface area contributed by atoms with E-state index in [0.29, 0.717) is 11.1 Å². The number of aliphatic hydroxyl groups is 1. The molecule has 2 aromatic heterocycles. The third-order valence-electron chi connectivity index (χ3n) is 4.53. The average molecular weight is 357 g/mol. The number of aliphatic hydroxyl groups excluding tert-OH is 1. The Balaban J connectivity index is 1.80. The lowest BCUT2D eigenvalue weighted by molar-refractivity contribution is 0.298. The zero-order valence-electron chi connectivity index (χ0n) is 14.4. The number of pyridine rings is 1. The highest BCUT2D eigenvalue weighted by atomic mass is 19.1. The molecule has 0 fully saturated rings. The lowest BCUT2D eigenvalue weighted by Crippen LogP contribution is -1.99. The van der Waals surface area contributed by atoms with Gasteiger partial charge in [0.05, 0.1) is 17.3 Å². The summed E-state index contributed by atoms with van der Waals surface area (Å²) >= 11 is 0. The summed E-state index contributed by atoms with van der Waals surface area (Å²) in [5, 5.41) is 18.3. The summed E-state index contributed by atoms with van der Waals surface area (Å²) in [6, 6.07) is 18.1. The molecule has 1 N–H and O–H groups in total. The van der Waals surface area contributed by atoms with Gasteiger partial charge in [-0.2, -0.15) is 5.26 Å². The van der Waals surface area contributed by atoms with Crippen LogP contribution >= 0.6 is 0 Å². The van der Waals surface area contributed by atoms with Crippen LogP contribution in [0.2, 0.25) is 0 Å². The highest BCUT2D eigenvalue weighted by molar-refractivity contribution is 5.70. The monoisotopic (exact) mass is 357 g/mol. The average Bonchev–Trinajstić information content (AvgIpc) is 3.13. The number of halogens is 1. The molecule has 27 heavy (non-hydrogen) atoms. The van der Waals surface area contributed by atoms with Gasteiger partial charge in [-0.1, -0.05) is 24.3 Å². The summed E-state index contributed by atoms with van der Waals surface area (Å²) < 4.78 is 16.1. The molecule has 0 spiro atoms. The molecule has 4 rings (SSSR count). The third-order valence-corrected chi connectivity index (χ3v) is 4.53. The van der Waals surface area contributed by atoms with E-state index < -0.39 is 0 Å². The molecule has 0 atom stereocenters. The zero-order chi connectivity index (χ0) is 18.8. The Morgan fingerprint density at radius 2 is 1.89 bits per heavy atom. The molecule has 2 heterocycles. The standard InChI is InChI=1S/C22H16FN3O/c23-20-6-2-5-18(19(20)9-10-27)17-7-8-22-25-21(14-26(22)13-17)16-4-1-3-15(11-16)12-24/h1-8,11,13-14,27H,9-10H2. The number of benzene rings is 2. The first-order valence-electron chi connectivity index (χ1n) is 8.57. The van der Waals surface area contributed by atoms with Gasteiger partial charge in [0, 0.05) is 24.6 Å². The normalized spacial score (nSPS) is 10.9. The van der Waals surface area contributed by atoms with Crippen LogP contribution in [0.5, 0.6) is 0 Å². The van der Waals surface area contributed by atoms with Crippen molar-refractivity contribution in [3.05, 3.63) is 83.9 Å². The highest BCUT2D eigenvalue weighted by Gasteiger charge is 2.12.